The lowest BCUT2D eigenvalue weighted by atomic mass is 10.2. The molecule has 90 valence electrons. The second-order valence-electron chi connectivity index (χ2n) is 4.13. The zero-order valence-corrected chi connectivity index (χ0v) is 9.54. The van der Waals surface area contributed by atoms with Gasteiger partial charge in [-0.15, -0.1) is 0 Å². The molecular weight excluding hydrogens is 190 g/mol. The van der Waals surface area contributed by atoms with Gasteiger partial charge in [-0.3, -0.25) is 4.90 Å². The molecule has 0 bridgehead atoms. The standard InChI is InChI=1S/C10H25N5/c11-9-10(12)1-2-13-3-6-15-7-4-14-5-8-15/h10,13-14H,1-9,11-12H2. The van der Waals surface area contributed by atoms with Crippen molar-refractivity contribution in [1.82, 2.24) is 15.5 Å². The molecule has 1 atom stereocenters. The molecule has 6 N–H and O–H groups in total. The fourth-order valence-electron chi connectivity index (χ4n) is 1.70. The van der Waals surface area contributed by atoms with E-state index in [9.17, 15) is 0 Å². The number of nitrogens with zero attached hydrogens (tertiary/aromatic N) is 1. The average Bonchev–Trinajstić information content (AvgIpc) is 2.29. The Kier molecular flexibility index (Phi) is 6.87. The molecule has 0 aromatic rings. The van der Waals surface area contributed by atoms with Crippen LogP contribution in [0.25, 0.3) is 0 Å². The van der Waals surface area contributed by atoms with Crippen molar-refractivity contribution in [3.05, 3.63) is 0 Å². The van der Waals surface area contributed by atoms with E-state index in [1.807, 2.05) is 0 Å². The van der Waals surface area contributed by atoms with Crippen molar-refractivity contribution in [3.8, 4) is 0 Å². The average molecular weight is 215 g/mol. The fraction of sp³-hybridized carbons (Fsp3) is 1.00. The lowest BCUT2D eigenvalue weighted by Crippen LogP contribution is -2.46. The number of piperazine rings is 1. The molecule has 0 aromatic heterocycles. The lowest BCUT2D eigenvalue weighted by Gasteiger charge is -2.27. The van der Waals surface area contributed by atoms with Crippen LogP contribution in [0.15, 0.2) is 0 Å². The highest BCUT2D eigenvalue weighted by molar-refractivity contribution is 4.69. The van der Waals surface area contributed by atoms with E-state index < -0.39 is 0 Å². The largest absolute Gasteiger partial charge is 0.329 e. The van der Waals surface area contributed by atoms with Gasteiger partial charge in [0.25, 0.3) is 0 Å². The van der Waals surface area contributed by atoms with Crippen LogP contribution >= 0.6 is 0 Å². The lowest BCUT2D eigenvalue weighted by molar-refractivity contribution is 0.241. The van der Waals surface area contributed by atoms with E-state index in [1.165, 1.54) is 13.1 Å². The minimum Gasteiger partial charge on any atom is -0.329 e. The van der Waals surface area contributed by atoms with Gasteiger partial charge in [0, 0.05) is 51.9 Å². The van der Waals surface area contributed by atoms with Gasteiger partial charge in [-0.1, -0.05) is 0 Å². The van der Waals surface area contributed by atoms with Gasteiger partial charge in [0.05, 0.1) is 0 Å². The van der Waals surface area contributed by atoms with Gasteiger partial charge in [-0.25, -0.2) is 0 Å². The third-order valence-corrected chi connectivity index (χ3v) is 2.81. The third kappa shape index (κ3) is 6.06. The summed E-state index contributed by atoms with van der Waals surface area (Å²) >= 11 is 0. The number of hydrogen-bond donors (Lipinski definition) is 4. The molecular formula is C10H25N5. The Balaban J connectivity index is 1.87. The first kappa shape index (κ1) is 12.9. The van der Waals surface area contributed by atoms with Gasteiger partial charge in [0.2, 0.25) is 0 Å². The van der Waals surface area contributed by atoms with Crippen LogP contribution in [0.4, 0.5) is 0 Å². The van der Waals surface area contributed by atoms with Gasteiger partial charge < -0.3 is 22.1 Å². The van der Waals surface area contributed by atoms with Crippen LogP contribution in [-0.2, 0) is 0 Å². The maximum absolute atomic E-state index is 5.71. The predicted molar refractivity (Wildman–Crippen MR) is 63.8 cm³/mol. The molecule has 1 unspecified atom stereocenters. The van der Waals surface area contributed by atoms with E-state index in [0.717, 1.165) is 39.1 Å². The van der Waals surface area contributed by atoms with E-state index in [1.54, 1.807) is 0 Å². The van der Waals surface area contributed by atoms with E-state index in [-0.39, 0.29) is 6.04 Å². The quantitative estimate of drug-likeness (QED) is 0.375. The second-order valence-corrected chi connectivity index (χ2v) is 4.13. The molecule has 1 aliphatic heterocycles. The van der Waals surface area contributed by atoms with Gasteiger partial charge in [0.1, 0.15) is 0 Å². The van der Waals surface area contributed by atoms with Crippen molar-refractivity contribution < 1.29 is 0 Å². The molecule has 0 spiro atoms. The Hall–Kier alpha value is -0.200. The molecule has 0 aliphatic carbocycles. The van der Waals surface area contributed by atoms with Crippen LogP contribution in [0, 0.1) is 0 Å². The number of rotatable bonds is 7. The maximum atomic E-state index is 5.71. The molecule has 0 radical (unpaired) electrons. The van der Waals surface area contributed by atoms with Crippen LogP contribution < -0.4 is 22.1 Å². The van der Waals surface area contributed by atoms with Crippen LogP contribution in [-0.4, -0.2) is 63.3 Å². The summed E-state index contributed by atoms with van der Waals surface area (Å²) in [5.74, 6) is 0. The molecule has 1 saturated heterocycles. The van der Waals surface area contributed by atoms with E-state index in [2.05, 4.69) is 15.5 Å². The zero-order chi connectivity index (χ0) is 10.9. The summed E-state index contributed by atoms with van der Waals surface area (Å²) < 4.78 is 0. The minimum absolute atomic E-state index is 0.150. The summed E-state index contributed by atoms with van der Waals surface area (Å²) in [6.45, 7) is 8.34. The third-order valence-electron chi connectivity index (χ3n) is 2.81. The van der Waals surface area contributed by atoms with Crippen molar-refractivity contribution in [2.75, 3.05) is 52.4 Å². The maximum Gasteiger partial charge on any atom is 0.0175 e. The second kappa shape index (κ2) is 8.01. The van der Waals surface area contributed by atoms with Gasteiger partial charge >= 0.3 is 0 Å². The number of hydrogen-bond acceptors (Lipinski definition) is 5. The summed E-state index contributed by atoms with van der Waals surface area (Å²) in [4.78, 5) is 2.48. The normalized spacial score (nSPS) is 20.4. The van der Waals surface area contributed by atoms with Crippen LogP contribution in [0.1, 0.15) is 6.42 Å². The van der Waals surface area contributed by atoms with Crippen LogP contribution in [0.5, 0.6) is 0 Å². The smallest absolute Gasteiger partial charge is 0.0175 e. The van der Waals surface area contributed by atoms with E-state index in [0.29, 0.717) is 6.54 Å². The summed E-state index contributed by atoms with van der Waals surface area (Å²) in [6, 6.07) is 0.150. The summed E-state index contributed by atoms with van der Waals surface area (Å²) in [5.41, 5.74) is 11.2. The molecule has 1 fully saturated rings. The fourth-order valence-corrected chi connectivity index (χ4v) is 1.70. The van der Waals surface area contributed by atoms with Gasteiger partial charge in [-0.2, -0.15) is 0 Å². The molecule has 0 amide bonds. The topological polar surface area (TPSA) is 79.3 Å². The zero-order valence-electron chi connectivity index (χ0n) is 9.54. The highest BCUT2D eigenvalue weighted by Gasteiger charge is 2.07. The van der Waals surface area contributed by atoms with Crippen LogP contribution in [0.3, 0.4) is 0 Å². The molecule has 1 rings (SSSR count). The minimum atomic E-state index is 0.150. The number of nitrogens with two attached hydrogens (primary N) is 2. The van der Waals surface area contributed by atoms with E-state index in [4.69, 9.17) is 11.5 Å². The Labute approximate surface area is 92.6 Å². The van der Waals surface area contributed by atoms with E-state index >= 15 is 0 Å². The summed E-state index contributed by atoms with van der Waals surface area (Å²) in [7, 11) is 0. The van der Waals surface area contributed by atoms with Crippen molar-refractivity contribution in [1.29, 1.82) is 0 Å². The van der Waals surface area contributed by atoms with Crippen LogP contribution in [0.2, 0.25) is 0 Å². The summed E-state index contributed by atoms with van der Waals surface area (Å²) in [5, 5.41) is 6.75. The van der Waals surface area contributed by atoms with Crippen molar-refractivity contribution in [2.24, 2.45) is 11.5 Å². The molecule has 1 heterocycles. The SMILES string of the molecule is NCC(N)CCNCCN1CCNCC1. The predicted octanol–water partition coefficient (Wildman–Crippen LogP) is -1.84. The van der Waals surface area contributed by atoms with Crippen molar-refractivity contribution in [3.63, 3.8) is 0 Å². The highest BCUT2D eigenvalue weighted by atomic mass is 15.2. The molecule has 5 nitrogen and oxygen atoms in total. The molecule has 1 aliphatic rings. The number of nitrogens with one attached hydrogen (secondary N) is 2. The van der Waals surface area contributed by atoms with Gasteiger partial charge in [-0.05, 0) is 13.0 Å². The molecule has 5 heteroatoms. The first-order chi connectivity index (χ1) is 7.33. The Morgan fingerprint density at radius 3 is 2.67 bits per heavy atom. The Morgan fingerprint density at radius 2 is 2.00 bits per heavy atom. The van der Waals surface area contributed by atoms with Crippen molar-refractivity contribution >= 4 is 0 Å². The molecule has 15 heavy (non-hydrogen) atoms. The Bertz CT molecular complexity index is 147. The molecule has 0 saturated carbocycles. The Morgan fingerprint density at radius 1 is 1.27 bits per heavy atom. The molecule has 0 aromatic carbocycles. The first-order valence-corrected chi connectivity index (χ1v) is 5.92. The monoisotopic (exact) mass is 215 g/mol. The van der Waals surface area contributed by atoms with Gasteiger partial charge in [0.15, 0.2) is 0 Å². The van der Waals surface area contributed by atoms with Crippen molar-refractivity contribution in [2.45, 2.75) is 12.5 Å². The first-order valence-electron chi connectivity index (χ1n) is 5.92. The highest BCUT2D eigenvalue weighted by Crippen LogP contribution is 1.90. The summed E-state index contributed by atoms with van der Waals surface area (Å²) in [6.07, 6.45) is 0.970.